The highest BCUT2D eigenvalue weighted by molar-refractivity contribution is 5.85. The molecule has 1 aromatic carbocycles. The standard InChI is InChI=1S/C20H31N3O.2ClH/c21-13-18-5-4-6-19(18)20(24)22-14-16-7-9-17(10-8-16)15-23-11-2-1-3-12-23;;/h7-10,18-19H,1-6,11-15,21H2,(H,22,24);2*1H/t18-,19-;;/m1../s1. The number of nitrogens with one attached hydrogen (secondary N) is 1. The molecule has 1 heterocycles. The molecule has 1 aliphatic heterocycles. The van der Waals surface area contributed by atoms with Gasteiger partial charge in [0.15, 0.2) is 0 Å². The molecule has 0 unspecified atom stereocenters. The van der Waals surface area contributed by atoms with Crippen molar-refractivity contribution in [1.82, 2.24) is 10.2 Å². The first-order valence-electron chi connectivity index (χ1n) is 9.54. The number of nitrogens with zero attached hydrogens (tertiary/aromatic N) is 1. The first kappa shape index (κ1) is 23.2. The van der Waals surface area contributed by atoms with Gasteiger partial charge in [0.25, 0.3) is 0 Å². The molecule has 2 fully saturated rings. The predicted molar refractivity (Wildman–Crippen MR) is 112 cm³/mol. The fourth-order valence-corrected chi connectivity index (χ4v) is 4.12. The molecule has 0 radical (unpaired) electrons. The lowest BCUT2D eigenvalue weighted by Crippen LogP contribution is -2.34. The van der Waals surface area contributed by atoms with Crippen molar-refractivity contribution in [2.24, 2.45) is 17.6 Å². The Kier molecular flexibility index (Phi) is 10.6. The normalized spacial score (nSPS) is 23.0. The van der Waals surface area contributed by atoms with E-state index in [0.717, 1.165) is 25.8 Å². The van der Waals surface area contributed by atoms with Crippen LogP contribution in [0.25, 0.3) is 0 Å². The predicted octanol–water partition coefficient (Wildman–Crippen LogP) is 3.51. The third kappa shape index (κ3) is 6.41. The number of nitrogens with two attached hydrogens (primary N) is 1. The van der Waals surface area contributed by atoms with Gasteiger partial charge in [-0.3, -0.25) is 9.69 Å². The average molecular weight is 402 g/mol. The van der Waals surface area contributed by atoms with E-state index < -0.39 is 0 Å². The minimum atomic E-state index is 0. The minimum absolute atomic E-state index is 0. The van der Waals surface area contributed by atoms with Crippen LogP contribution in [0.3, 0.4) is 0 Å². The quantitative estimate of drug-likeness (QED) is 0.766. The van der Waals surface area contributed by atoms with Gasteiger partial charge >= 0.3 is 0 Å². The topological polar surface area (TPSA) is 58.4 Å². The van der Waals surface area contributed by atoms with Gasteiger partial charge in [-0.1, -0.05) is 37.1 Å². The highest BCUT2D eigenvalue weighted by Crippen LogP contribution is 2.31. The number of likely N-dealkylation sites (tertiary alicyclic amines) is 1. The largest absolute Gasteiger partial charge is 0.352 e. The van der Waals surface area contributed by atoms with Crippen molar-refractivity contribution in [1.29, 1.82) is 0 Å². The summed E-state index contributed by atoms with van der Waals surface area (Å²) in [4.78, 5) is 14.9. The van der Waals surface area contributed by atoms with Gasteiger partial charge in [-0.15, -0.1) is 24.8 Å². The van der Waals surface area contributed by atoms with Crippen LogP contribution in [0.1, 0.15) is 49.7 Å². The van der Waals surface area contributed by atoms with Gasteiger partial charge in [-0.25, -0.2) is 0 Å². The van der Waals surface area contributed by atoms with Crippen LogP contribution in [0.5, 0.6) is 0 Å². The number of benzene rings is 1. The van der Waals surface area contributed by atoms with Crippen molar-refractivity contribution in [2.45, 2.75) is 51.6 Å². The second-order valence-electron chi connectivity index (χ2n) is 7.40. The average Bonchev–Trinajstić information content (AvgIpc) is 3.10. The van der Waals surface area contributed by atoms with E-state index in [1.807, 2.05) is 0 Å². The number of carbonyl (C=O) groups is 1. The second kappa shape index (κ2) is 11.8. The molecule has 0 aromatic heterocycles. The van der Waals surface area contributed by atoms with Gasteiger partial charge in [0.05, 0.1) is 0 Å². The molecule has 1 saturated carbocycles. The van der Waals surface area contributed by atoms with Gasteiger partial charge in [0, 0.05) is 19.0 Å². The number of amides is 1. The summed E-state index contributed by atoms with van der Waals surface area (Å²) in [5, 5.41) is 3.10. The van der Waals surface area contributed by atoms with Crippen molar-refractivity contribution in [2.75, 3.05) is 19.6 Å². The van der Waals surface area contributed by atoms with Crippen molar-refractivity contribution in [3.63, 3.8) is 0 Å². The summed E-state index contributed by atoms with van der Waals surface area (Å²) in [5.41, 5.74) is 8.32. The van der Waals surface area contributed by atoms with E-state index in [1.165, 1.54) is 43.5 Å². The van der Waals surface area contributed by atoms with Crippen LogP contribution in [0, 0.1) is 11.8 Å². The van der Waals surface area contributed by atoms with Crippen LogP contribution >= 0.6 is 24.8 Å². The Balaban J connectivity index is 0.00000169. The summed E-state index contributed by atoms with van der Waals surface area (Å²) in [5.74, 6) is 0.672. The number of hydrogen-bond donors (Lipinski definition) is 2. The Morgan fingerprint density at radius 1 is 1.00 bits per heavy atom. The van der Waals surface area contributed by atoms with Gasteiger partial charge in [0.1, 0.15) is 0 Å². The maximum atomic E-state index is 12.3. The molecular weight excluding hydrogens is 369 g/mol. The highest BCUT2D eigenvalue weighted by Gasteiger charge is 2.31. The summed E-state index contributed by atoms with van der Waals surface area (Å²) < 4.78 is 0. The zero-order valence-corrected chi connectivity index (χ0v) is 17.1. The lowest BCUT2D eigenvalue weighted by Gasteiger charge is -2.26. The fourth-order valence-electron chi connectivity index (χ4n) is 4.12. The van der Waals surface area contributed by atoms with Crippen LogP contribution < -0.4 is 11.1 Å². The van der Waals surface area contributed by atoms with Crippen LogP contribution in [-0.2, 0) is 17.9 Å². The molecular formula is C20H33Cl2N3O. The lowest BCUT2D eigenvalue weighted by molar-refractivity contribution is -0.126. The third-order valence-corrected chi connectivity index (χ3v) is 5.64. The zero-order valence-electron chi connectivity index (χ0n) is 15.5. The van der Waals surface area contributed by atoms with E-state index in [2.05, 4.69) is 34.5 Å². The monoisotopic (exact) mass is 401 g/mol. The van der Waals surface area contributed by atoms with E-state index in [9.17, 15) is 4.79 Å². The van der Waals surface area contributed by atoms with Gasteiger partial charge in [-0.05, 0) is 62.4 Å². The molecule has 4 nitrogen and oxygen atoms in total. The Hall–Kier alpha value is -0.810. The van der Waals surface area contributed by atoms with Gasteiger partial charge in [-0.2, -0.15) is 0 Å². The molecule has 148 valence electrons. The molecule has 1 aliphatic carbocycles. The van der Waals surface area contributed by atoms with Crippen LogP contribution in [0.2, 0.25) is 0 Å². The van der Waals surface area contributed by atoms with Crippen molar-refractivity contribution < 1.29 is 4.79 Å². The lowest BCUT2D eigenvalue weighted by atomic mass is 9.95. The first-order chi connectivity index (χ1) is 11.8. The van der Waals surface area contributed by atoms with Gasteiger partial charge < -0.3 is 11.1 Å². The summed E-state index contributed by atoms with van der Waals surface area (Å²) in [6.45, 7) is 4.75. The maximum Gasteiger partial charge on any atom is 0.223 e. The molecule has 1 amide bonds. The minimum Gasteiger partial charge on any atom is -0.352 e. The molecule has 3 rings (SSSR count). The molecule has 1 aromatic rings. The molecule has 0 spiro atoms. The Morgan fingerprint density at radius 2 is 1.65 bits per heavy atom. The number of halogens is 2. The number of carbonyl (C=O) groups excluding carboxylic acids is 1. The molecule has 0 bridgehead atoms. The molecule has 6 heteroatoms. The SMILES string of the molecule is Cl.Cl.NC[C@H]1CCC[C@H]1C(=O)NCc1ccc(CN2CCCCC2)cc1. The van der Waals surface area contributed by atoms with Gasteiger partial charge in [0.2, 0.25) is 5.91 Å². The van der Waals surface area contributed by atoms with Crippen LogP contribution in [0.15, 0.2) is 24.3 Å². The summed E-state index contributed by atoms with van der Waals surface area (Å²) in [6, 6.07) is 8.70. The maximum absolute atomic E-state index is 12.3. The smallest absolute Gasteiger partial charge is 0.223 e. The Bertz CT molecular complexity index is 532. The Morgan fingerprint density at radius 3 is 2.31 bits per heavy atom. The van der Waals surface area contributed by atoms with E-state index in [1.54, 1.807) is 0 Å². The first-order valence-corrected chi connectivity index (χ1v) is 9.54. The summed E-state index contributed by atoms with van der Waals surface area (Å²) in [6.07, 6.45) is 7.25. The summed E-state index contributed by atoms with van der Waals surface area (Å²) in [7, 11) is 0. The number of hydrogen-bond acceptors (Lipinski definition) is 3. The van der Waals surface area contributed by atoms with E-state index in [0.29, 0.717) is 19.0 Å². The molecule has 26 heavy (non-hydrogen) atoms. The van der Waals surface area contributed by atoms with Crippen LogP contribution in [0.4, 0.5) is 0 Å². The molecule has 3 N–H and O–H groups in total. The number of rotatable bonds is 6. The van der Waals surface area contributed by atoms with Crippen LogP contribution in [-0.4, -0.2) is 30.4 Å². The Labute approximate surface area is 170 Å². The molecule has 2 atom stereocenters. The van der Waals surface area contributed by atoms with Crippen molar-refractivity contribution in [3.05, 3.63) is 35.4 Å². The summed E-state index contributed by atoms with van der Waals surface area (Å²) >= 11 is 0. The van der Waals surface area contributed by atoms with E-state index in [-0.39, 0.29) is 36.6 Å². The number of piperidine rings is 1. The molecule has 2 aliphatic rings. The highest BCUT2D eigenvalue weighted by atomic mass is 35.5. The van der Waals surface area contributed by atoms with E-state index in [4.69, 9.17) is 5.73 Å². The fraction of sp³-hybridized carbons (Fsp3) is 0.650. The zero-order chi connectivity index (χ0) is 16.8. The molecule has 1 saturated heterocycles. The van der Waals surface area contributed by atoms with Crippen molar-refractivity contribution in [3.8, 4) is 0 Å². The van der Waals surface area contributed by atoms with E-state index >= 15 is 0 Å². The van der Waals surface area contributed by atoms with Crippen molar-refractivity contribution >= 4 is 30.7 Å². The third-order valence-electron chi connectivity index (χ3n) is 5.64. The second-order valence-corrected chi connectivity index (χ2v) is 7.40.